The largest absolute Gasteiger partial charge is 0.275 e. The molecule has 2 rings (SSSR count). The van der Waals surface area contributed by atoms with Crippen LogP contribution in [0.1, 0.15) is 31.3 Å². The summed E-state index contributed by atoms with van der Waals surface area (Å²) in [5, 5.41) is 0.322. The summed E-state index contributed by atoms with van der Waals surface area (Å²) in [6.07, 6.45) is 0.788. The SMILES string of the molecule is Cc1cc(Cl)nc(CN2C(=O)CC(C)CC2=O)n1. The predicted octanol–water partition coefficient (Wildman–Crippen LogP) is 1.72. The Hall–Kier alpha value is -1.49. The molecule has 0 bridgehead atoms. The number of nitrogens with zero attached hydrogens (tertiary/aromatic N) is 3. The van der Waals surface area contributed by atoms with E-state index in [0.717, 1.165) is 5.69 Å². The first-order valence-electron chi connectivity index (χ1n) is 5.79. The Bertz CT molecular complexity index is 466. The summed E-state index contributed by atoms with van der Waals surface area (Å²) in [4.78, 5) is 33.0. The van der Waals surface area contributed by atoms with Gasteiger partial charge in [-0.05, 0) is 18.9 Å². The fourth-order valence-electron chi connectivity index (χ4n) is 2.01. The number of carbonyl (C=O) groups is 2. The van der Waals surface area contributed by atoms with Gasteiger partial charge >= 0.3 is 0 Å². The summed E-state index contributed by atoms with van der Waals surface area (Å²) >= 11 is 5.82. The van der Waals surface area contributed by atoms with Gasteiger partial charge in [0.2, 0.25) is 11.8 Å². The maximum Gasteiger partial charge on any atom is 0.229 e. The van der Waals surface area contributed by atoms with Crippen molar-refractivity contribution in [3.05, 3.63) is 22.7 Å². The number of hydrogen-bond donors (Lipinski definition) is 0. The number of carbonyl (C=O) groups excluding carboxylic acids is 2. The van der Waals surface area contributed by atoms with Crippen molar-refractivity contribution in [3.8, 4) is 0 Å². The molecule has 1 saturated heterocycles. The van der Waals surface area contributed by atoms with Crippen LogP contribution < -0.4 is 0 Å². The smallest absolute Gasteiger partial charge is 0.229 e. The van der Waals surface area contributed by atoms with Crippen LogP contribution in [0.2, 0.25) is 5.15 Å². The van der Waals surface area contributed by atoms with Gasteiger partial charge in [0, 0.05) is 18.5 Å². The lowest BCUT2D eigenvalue weighted by molar-refractivity contribution is -0.150. The van der Waals surface area contributed by atoms with Gasteiger partial charge in [0.1, 0.15) is 11.0 Å². The third kappa shape index (κ3) is 2.85. The molecule has 1 aliphatic rings. The lowest BCUT2D eigenvalue weighted by Gasteiger charge is -2.27. The normalized spacial score (nSPS) is 17.4. The highest BCUT2D eigenvalue weighted by Gasteiger charge is 2.30. The first kappa shape index (κ1) is 13.0. The number of piperidine rings is 1. The van der Waals surface area contributed by atoms with Crippen molar-refractivity contribution in [3.63, 3.8) is 0 Å². The average Bonchev–Trinajstić information content (AvgIpc) is 2.22. The van der Waals surface area contributed by atoms with Crippen molar-refractivity contribution in [1.29, 1.82) is 0 Å². The maximum atomic E-state index is 11.8. The summed E-state index contributed by atoms with van der Waals surface area (Å²) in [5.41, 5.74) is 0.718. The Balaban J connectivity index is 2.17. The Morgan fingerprint density at radius 1 is 1.33 bits per heavy atom. The third-order valence-corrected chi connectivity index (χ3v) is 3.01. The van der Waals surface area contributed by atoms with Gasteiger partial charge < -0.3 is 0 Å². The molecule has 18 heavy (non-hydrogen) atoms. The molecule has 1 fully saturated rings. The highest BCUT2D eigenvalue weighted by Crippen LogP contribution is 2.20. The number of likely N-dealkylation sites (tertiary alicyclic amines) is 1. The zero-order valence-electron chi connectivity index (χ0n) is 10.3. The number of hydrogen-bond acceptors (Lipinski definition) is 4. The van der Waals surface area contributed by atoms with Gasteiger partial charge in [-0.2, -0.15) is 0 Å². The van der Waals surface area contributed by atoms with Crippen molar-refractivity contribution in [2.24, 2.45) is 5.92 Å². The monoisotopic (exact) mass is 267 g/mol. The number of rotatable bonds is 2. The van der Waals surface area contributed by atoms with Gasteiger partial charge in [-0.1, -0.05) is 18.5 Å². The van der Waals surface area contributed by atoms with E-state index in [-0.39, 0.29) is 24.3 Å². The highest BCUT2D eigenvalue weighted by molar-refractivity contribution is 6.29. The Morgan fingerprint density at radius 3 is 2.50 bits per heavy atom. The summed E-state index contributed by atoms with van der Waals surface area (Å²) in [6.45, 7) is 3.79. The van der Waals surface area contributed by atoms with Gasteiger partial charge in [-0.3, -0.25) is 14.5 Å². The fraction of sp³-hybridized carbons (Fsp3) is 0.500. The second-order valence-corrected chi connectivity index (χ2v) is 5.02. The molecule has 0 saturated carbocycles. The van der Waals surface area contributed by atoms with E-state index in [1.807, 2.05) is 6.92 Å². The van der Waals surface area contributed by atoms with Gasteiger partial charge in [0.25, 0.3) is 0 Å². The quantitative estimate of drug-likeness (QED) is 0.605. The van der Waals surface area contributed by atoms with E-state index in [1.54, 1.807) is 13.0 Å². The molecule has 2 amide bonds. The van der Waals surface area contributed by atoms with Crippen LogP contribution in [-0.2, 0) is 16.1 Å². The lowest BCUT2D eigenvalue weighted by Crippen LogP contribution is -2.42. The fourth-order valence-corrected chi connectivity index (χ4v) is 2.26. The molecule has 1 aliphatic heterocycles. The van der Waals surface area contributed by atoms with E-state index in [1.165, 1.54) is 4.90 Å². The van der Waals surface area contributed by atoms with Crippen molar-refractivity contribution < 1.29 is 9.59 Å². The zero-order chi connectivity index (χ0) is 13.3. The van der Waals surface area contributed by atoms with Gasteiger partial charge in [-0.25, -0.2) is 9.97 Å². The predicted molar refractivity (Wildman–Crippen MR) is 65.7 cm³/mol. The molecular weight excluding hydrogens is 254 g/mol. The van der Waals surface area contributed by atoms with Crippen molar-refractivity contribution in [2.75, 3.05) is 0 Å². The van der Waals surface area contributed by atoms with E-state index < -0.39 is 0 Å². The Kier molecular flexibility index (Phi) is 3.61. The van der Waals surface area contributed by atoms with Crippen LogP contribution in [0.15, 0.2) is 6.07 Å². The van der Waals surface area contributed by atoms with Gasteiger partial charge in [0.15, 0.2) is 0 Å². The summed E-state index contributed by atoms with van der Waals surface area (Å²) in [6, 6.07) is 1.63. The highest BCUT2D eigenvalue weighted by atomic mass is 35.5. The molecule has 0 atom stereocenters. The average molecular weight is 268 g/mol. The molecule has 6 heteroatoms. The maximum absolute atomic E-state index is 11.8. The molecule has 0 radical (unpaired) electrons. The van der Waals surface area contributed by atoms with E-state index >= 15 is 0 Å². The van der Waals surface area contributed by atoms with Crippen LogP contribution in [-0.4, -0.2) is 26.7 Å². The number of aromatic nitrogens is 2. The molecule has 0 aliphatic carbocycles. The van der Waals surface area contributed by atoms with Crippen LogP contribution in [0, 0.1) is 12.8 Å². The van der Waals surface area contributed by atoms with Crippen molar-refractivity contribution in [1.82, 2.24) is 14.9 Å². The number of imide groups is 1. The topological polar surface area (TPSA) is 63.2 Å². The molecule has 0 unspecified atom stereocenters. The second kappa shape index (κ2) is 5.02. The minimum absolute atomic E-state index is 0.103. The number of amides is 2. The molecule has 5 nitrogen and oxygen atoms in total. The van der Waals surface area contributed by atoms with Gasteiger partial charge in [-0.15, -0.1) is 0 Å². The molecule has 0 spiro atoms. The summed E-state index contributed by atoms with van der Waals surface area (Å²) < 4.78 is 0. The van der Waals surface area contributed by atoms with Crippen LogP contribution in [0.25, 0.3) is 0 Å². The molecule has 1 aromatic heterocycles. The van der Waals surface area contributed by atoms with Crippen LogP contribution >= 0.6 is 11.6 Å². The zero-order valence-corrected chi connectivity index (χ0v) is 11.1. The molecule has 96 valence electrons. The van der Waals surface area contributed by atoms with Gasteiger partial charge in [0.05, 0.1) is 6.54 Å². The second-order valence-electron chi connectivity index (χ2n) is 4.64. The van der Waals surface area contributed by atoms with Crippen LogP contribution in [0.4, 0.5) is 0 Å². The van der Waals surface area contributed by atoms with Crippen molar-refractivity contribution >= 4 is 23.4 Å². The van der Waals surface area contributed by atoms with E-state index in [9.17, 15) is 9.59 Å². The first-order chi connectivity index (χ1) is 8.45. The number of aryl methyl sites for hydroxylation is 1. The number of halogens is 1. The molecular formula is C12H14ClN3O2. The molecule has 1 aromatic rings. The third-order valence-electron chi connectivity index (χ3n) is 2.82. The summed E-state index contributed by atoms with van der Waals surface area (Å²) in [7, 11) is 0. The molecule has 2 heterocycles. The summed E-state index contributed by atoms with van der Waals surface area (Å²) in [5.74, 6) is 0.180. The Morgan fingerprint density at radius 2 is 1.94 bits per heavy atom. The standard InChI is InChI=1S/C12H14ClN3O2/c1-7-3-11(17)16(12(18)4-7)6-10-14-8(2)5-9(13)15-10/h5,7H,3-4,6H2,1-2H3. The van der Waals surface area contributed by atoms with Crippen molar-refractivity contribution in [2.45, 2.75) is 33.2 Å². The van der Waals surface area contributed by atoms with E-state index in [0.29, 0.717) is 23.8 Å². The van der Waals surface area contributed by atoms with Crippen LogP contribution in [0.5, 0.6) is 0 Å². The van der Waals surface area contributed by atoms with Crippen LogP contribution in [0.3, 0.4) is 0 Å². The Labute approximate surface area is 110 Å². The minimum atomic E-state index is -0.167. The van der Waals surface area contributed by atoms with E-state index in [4.69, 9.17) is 11.6 Å². The molecule has 0 aromatic carbocycles. The molecule has 0 N–H and O–H groups in total. The lowest BCUT2D eigenvalue weighted by atomic mass is 9.98. The van der Waals surface area contributed by atoms with E-state index in [2.05, 4.69) is 9.97 Å². The first-order valence-corrected chi connectivity index (χ1v) is 6.16. The minimum Gasteiger partial charge on any atom is -0.275 e.